The number of carbonyl (C=O) groups excluding carboxylic acids is 2. The molecule has 17 heavy (non-hydrogen) atoms. The normalized spacial score (nSPS) is 9.76. The van der Waals surface area contributed by atoms with E-state index in [0.29, 0.717) is 11.6 Å². The van der Waals surface area contributed by atoms with Crippen LogP contribution in [0.4, 0.5) is 4.79 Å². The number of carbonyl (C=O) groups is 2. The Bertz CT molecular complexity index is 412. The smallest absolute Gasteiger partial charge is 0.321 e. The van der Waals surface area contributed by atoms with Crippen molar-refractivity contribution in [2.24, 2.45) is 0 Å². The Balaban J connectivity index is 2.38. The van der Waals surface area contributed by atoms with Gasteiger partial charge in [0.25, 0.3) is 0 Å². The summed E-state index contributed by atoms with van der Waals surface area (Å²) in [4.78, 5) is 23.3. The van der Waals surface area contributed by atoms with Gasteiger partial charge in [0.05, 0.1) is 10.8 Å². The Labute approximate surface area is 109 Å². The van der Waals surface area contributed by atoms with Gasteiger partial charge in [0.1, 0.15) is 0 Å². The van der Waals surface area contributed by atoms with E-state index in [2.05, 4.69) is 10.6 Å². The molecule has 0 saturated carbocycles. The lowest BCUT2D eigenvalue weighted by Gasteiger charge is -2.05. The molecule has 0 aliphatic rings. The average Bonchev–Trinajstić information content (AvgIpc) is 2.28. The maximum absolute atomic E-state index is 11.4. The number of rotatable bonds is 4. The number of halogens is 1. The summed E-state index contributed by atoms with van der Waals surface area (Å²) in [5, 5.41) is 5.30. The van der Waals surface area contributed by atoms with E-state index >= 15 is 0 Å². The molecule has 0 heterocycles. The largest absolute Gasteiger partial charge is 0.338 e. The fourth-order valence-corrected chi connectivity index (χ4v) is 2.11. The first-order valence-corrected chi connectivity index (χ1v) is 6.45. The first-order chi connectivity index (χ1) is 8.13. The first-order valence-electron chi connectivity index (χ1n) is 5.08. The Morgan fingerprint density at radius 3 is 2.71 bits per heavy atom. The van der Waals surface area contributed by atoms with Crippen LogP contribution in [0.5, 0.6) is 0 Å². The monoisotopic (exact) mass is 272 g/mol. The summed E-state index contributed by atoms with van der Waals surface area (Å²) in [6, 6.07) is 6.77. The Morgan fingerprint density at radius 1 is 1.35 bits per heavy atom. The van der Waals surface area contributed by atoms with Crippen LogP contribution in [0.25, 0.3) is 0 Å². The van der Waals surface area contributed by atoms with Crippen molar-refractivity contribution in [1.29, 1.82) is 0 Å². The van der Waals surface area contributed by atoms with E-state index < -0.39 is 6.03 Å². The molecule has 0 atom stereocenters. The van der Waals surface area contributed by atoms with Crippen LogP contribution in [-0.4, -0.2) is 24.2 Å². The lowest BCUT2D eigenvalue weighted by atomic mass is 10.4. The lowest BCUT2D eigenvalue weighted by Crippen LogP contribution is -2.40. The first kappa shape index (κ1) is 13.9. The fourth-order valence-electron chi connectivity index (χ4n) is 1.07. The molecule has 0 fully saturated rings. The molecule has 1 aromatic carbocycles. The summed E-state index contributed by atoms with van der Waals surface area (Å²) >= 11 is 7.22. The Kier molecular flexibility index (Phi) is 5.86. The van der Waals surface area contributed by atoms with Gasteiger partial charge in [0.15, 0.2) is 0 Å². The third-order valence-corrected chi connectivity index (χ3v) is 3.30. The number of hydrogen-bond donors (Lipinski definition) is 2. The van der Waals surface area contributed by atoms with Gasteiger partial charge in [-0.3, -0.25) is 10.1 Å². The highest BCUT2D eigenvalue weighted by atomic mass is 35.5. The molecule has 0 aliphatic heterocycles. The number of amides is 3. The van der Waals surface area contributed by atoms with Crippen LogP contribution >= 0.6 is 23.4 Å². The van der Waals surface area contributed by atoms with Gasteiger partial charge in [0, 0.05) is 11.4 Å². The minimum atomic E-state index is -0.475. The van der Waals surface area contributed by atoms with Crippen LogP contribution < -0.4 is 10.6 Å². The zero-order chi connectivity index (χ0) is 12.7. The standard InChI is InChI=1S/C11H13ClN2O2S/c1-2-13-11(16)14-10(15)7-17-9-6-4-3-5-8(9)12/h3-6H,2,7H2,1H3,(H2,13,14,15,16). The van der Waals surface area contributed by atoms with Gasteiger partial charge in [-0.05, 0) is 19.1 Å². The maximum atomic E-state index is 11.4. The van der Waals surface area contributed by atoms with Gasteiger partial charge < -0.3 is 5.32 Å². The SMILES string of the molecule is CCNC(=O)NC(=O)CSc1ccccc1Cl. The second-order valence-corrected chi connectivity index (χ2v) is 4.55. The predicted octanol–water partition coefficient (Wildman–Crippen LogP) is 2.28. The predicted molar refractivity (Wildman–Crippen MR) is 69.4 cm³/mol. The highest BCUT2D eigenvalue weighted by molar-refractivity contribution is 8.00. The van der Waals surface area contributed by atoms with Gasteiger partial charge in [-0.15, -0.1) is 11.8 Å². The van der Waals surface area contributed by atoms with Crippen LogP contribution in [0.15, 0.2) is 29.2 Å². The van der Waals surface area contributed by atoms with E-state index in [0.717, 1.165) is 4.90 Å². The topological polar surface area (TPSA) is 58.2 Å². The molecule has 0 saturated heterocycles. The van der Waals surface area contributed by atoms with E-state index in [1.807, 2.05) is 18.2 Å². The number of nitrogens with one attached hydrogen (secondary N) is 2. The minimum absolute atomic E-state index is 0.154. The summed E-state index contributed by atoms with van der Waals surface area (Å²) in [6.45, 7) is 2.26. The molecule has 0 spiro atoms. The molecule has 1 rings (SSSR count). The average molecular weight is 273 g/mol. The molecule has 92 valence electrons. The van der Waals surface area contributed by atoms with E-state index in [1.165, 1.54) is 11.8 Å². The minimum Gasteiger partial charge on any atom is -0.338 e. The molecule has 3 amide bonds. The van der Waals surface area contributed by atoms with Crippen molar-refractivity contribution < 1.29 is 9.59 Å². The van der Waals surface area contributed by atoms with E-state index in [9.17, 15) is 9.59 Å². The van der Waals surface area contributed by atoms with Crippen molar-refractivity contribution in [3.63, 3.8) is 0 Å². The molecule has 6 heteroatoms. The zero-order valence-electron chi connectivity index (χ0n) is 9.33. The summed E-state index contributed by atoms with van der Waals surface area (Å²) in [5.41, 5.74) is 0. The molecule has 0 bridgehead atoms. The van der Waals surface area contributed by atoms with Crippen LogP contribution in [0, 0.1) is 0 Å². The molecular weight excluding hydrogens is 260 g/mol. The molecule has 0 radical (unpaired) electrons. The fraction of sp³-hybridized carbons (Fsp3) is 0.273. The third-order valence-electron chi connectivity index (χ3n) is 1.79. The van der Waals surface area contributed by atoms with Gasteiger partial charge in [-0.1, -0.05) is 23.7 Å². The summed E-state index contributed by atoms with van der Waals surface area (Å²) < 4.78 is 0. The van der Waals surface area contributed by atoms with Crippen LogP contribution in [0.3, 0.4) is 0 Å². The molecule has 2 N–H and O–H groups in total. The van der Waals surface area contributed by atoms with E-state index in [-0.39, 0.29) is 11.7 Å². The van der Waals surface area contributed by atoms with Gasteiger partial charge in [0.2, 0.25) is 5.91 Å². The number of imide groups is 1. The van der Waals surface area contributed by atoms with Crippen molar-refractivity contribution in [1.82, 2.24) is 10.6 Å². The van der Waals surface area contributed by atoms with E-state index in [4.69, 9.17) is 11.6 Å². The number of hydrogen-bond acceptors (Lipinski definition) is 3. The van der Waals surface area contributed by atoms with Crippen LogP contribution in [0.1, 0.15) is 6.92 Å². The second kappa shape index (κ2) is 7.19. The van der Waals surface area contributed by atoms with Crippen molar-refractivity contribution in [2.45, 2.75) is 11.8 Å². The van der Waals surface area contributed by atoms with Crippen molar-refractivity contribution in [2.75, 3.05) is 12.3 Å². The maximum Gasteiger partial charge on any atom is 0.321 e. The van der Waals surface area contributed by atoms with Crippen LogP contribution in [-0.2, 0) is 4.79 Å². The molecule has 0 aromatic heterocycles. The highest BCUT2D eigenvalue weighted by Gasteiger charge is 2.08. The quantitative estimate of drug-likeness (QED) is 0.827. The van der Waals surface area contributed by atoms with Gasteiger partial charge in [-0.25, -0.2) is 4.79 Å². The zero-order valence-corrected chi connectivity index (χ0v) is 10.9. The summed E-state index contributed by atoms with van der Waals surface area (Å²) in [6.07, 6.45) is 0. The Hall–Kier alpha value is -1.20. The highest BCUT2D eigenvalue weighted by Crippen LogP contribution is 2.26. The van der Waals surface area contributed by atoms with Crippen molar-refractivity contribution >= 4 is 35.3 Å². The van der Waals surface area contributed by atoms with Crippen LogP contribution in [0.2, 0.25) is 5.02 Å². The Morgan fingerprint density at radius 2 is 2.06 bits per heavy atom. The lowest BCUT2D eigenvalue weighted by molar-refractivity contribution is -0.117. The van der Waals surface area contributed by atoms with E-state index in [1.54, 1.807) is 13.0 Å². The van der Waals surface area contributed by atoms with Crippen molar-refractivity contribution in [3.05, 3.63) is 29.3 Å². The third kappa shape index (κ3) is 5.10. The number of benzene rings is 1. The van der Waals surface area contributed by atoms with Gasteiger partial charge in [-0.2, -0.15) is 0 Å². The second-order valence-electron chi connectivity index (χ2n) is 3.13. The number of urea groups is 1. The molecule has 1 aromatic rings. The molecule has 0 aliphatic carbocycles. The summed E-state index contributed by atoms with van der Waals surface area (Å²) in [5.74, 6) is -0.193. The van der Waals surface area contributed by atoms with Gasteiger partial charge >= 0.3 is 6.03 Å². The van der Waals surface area contributed by atoms with Crippen molar-refractivity contribution in [3.8, 4) is 0 Å². The summed E-state index contributed by atoms with van der Waals surface area (Å²) in [7, 11) is 0. The molecule has 4 nitrogen and oxygen atoms in total. The number of thioether (sulfide) groups is 1. The molecular formula is C11H13ClN2O2S. The molecule has 0 unspecified atom stereocenters.